The molecule has 0 saturated heterocycles. The van der Waals surface area contributed by atoms with E-state index in [0.717, 1.165) is 18.4 Å². The van der Waals surface area contributed by atoms with Crippen molar-refractivity contribution in [2.45, 2.75) is 44.1 Å². The molecule has 0 bridgehead atoms. The van der Waals surface area contributed by atoms with Crippen molar-refractivity contribution in [2.75, 3.05) is 13.7 Å². The highest BCUT2D eigenvalue weighted by molar-refractivity contribution is 5.35. The van der Waals surface area contributed by atoms with Crippen LogP contribution in [0, 0.1) is 5.82 Å². The van der Waals surface area contributed by atoms with E-state index in [9.17, 15) is 4.39 Å². The quantitative estimate of drug-likeness (QED) is 0.892. The average Bonchev–Trinajstić information content (AvgIpc) is 2.40. The second kappa shape index (κ2) is 5.81. The van der Waals surface area contributed by atoms with E-state index in [4.69, 9.17) is 10.5 Å². The Morgan fingerprint density at radius 1 is 1.28 bits per heavy atom. The van der Waals surface area contributed by atoms with Crippen molar-refractivity contribution in [2.24, 2.45) is 5.73 Å². The molecule has 0 aliphatic heterocycles. The lowest BCUT2D eigenvalue weighted by Crippen LogP contribution is -2.38. The van der Waals surface area contributed by atoms with Gasteiger partial charge in [-0.25, -0.2) is 4.39 Å². The summed E-state index contributed by atoms with van der Waals surface area (Å²) >= 11 is 0. The Bertz CT molecular complexity index is 399. The maximum atomic E-state index is 13.4. The number of hydrogen-bond donors (Lipinski definition) is 1. The zero-order chi connectivity index (χ0) is 13.0. The van der Waals surface area contributed by atoms with Gasteiger partial charge in [0.1, 0.15) is 5.82 Å². The molecule has 2 rings (SSSR count). The number of rotatable bonds is 4. The third kappa shape index (κ3) is 2.57. The number of benzene rings is 1. The molecule has 1 fully saturated rings. The molecule has 0 spiro atoms. The first-order chi connectivity index (χ1) is 8.72. The third-order valence-electron chi connectivity index (χ3n) is 4.14. The minimum absolute atomic E-state index is 0.0276. The summed E-state index contributed by atoms with van der Waals surface area (Å²) in [5, 5.41) is 0. The number of ether oxygens (including phenoxy) is 1. The summed E-state index contributed by atoms with van der Waals surface area (Å²) < 4.78 is 18.6. The first kappa shape index (κ1) is 13.5. The first-order valence-electron chi connectivity index (χ1n) is 6.70. The van der Waals surface area contributed by atoms with Gasteiger partial charge in [0.15, 0.2) is 0 Å². The number of nitrogens with two attached hydrogens (primary N) is 1. The van der Waals surface area contributed by atoms with Crippen molar-refractivity contribution in [3.05, 3.63) is 35.1 Å². The van der Waals surface area contributed by atoms with E-state index in [-0.39, 0.29) is 11.2 Å². The van der Waals surface area contributed by atoms with E-state index in [2.05, 4.69) is 0 Å². The molecule has 2 nitrogen and oxygen atoms in total. The highest BCUT2D eigenvalue weighted by Crippen LogP contribution is 2.40. The SMILES string of the molecule is COCc1cc(F)ccc1C1(CN)CCCCC1. The Labute approximate surface area is 108 Å². The van der Waals surface area contributed by atoms with Crippen LogP contribution >= 0.6 is 0 Å². The molecule has 1 aliphatic rings. The van der Waals surface area contributed by atoms with E-state index >= 15 is 0 Å². The molecule has 0 amide bonds. The molecular weight excluding hydrogens is 229 g/mol. The summed E-state index contributed by atoms with van der Waals surface area (Å²) in [4.78, 5) is 0. The Morgan fingerprint density at radius 2 is 2.00 bits per heavy atom. The molecule has 0 radical (unpaired) electrons. The number of methoxy groups -OCH3 is 1. The molecule has 1 aliphatic carbocycles. The van der Waals surface area contributed by atoms with Crippen LogP contribution in [0.5, 0.6) is 0 Å². The van der Waals surface area contributed by atoms with Crippen LogP contribution in [-0.2, 0) is 16.8 Å². The predicted octanol–water partition coefficient (Wildman–Crippen LogP) is 3.13. The van der Waals surface area contributed by atoms with E-state index in [1.54, 1.807) is 19.2 Å². The predicted molar refractivity (Wildman–Crippen MR) is 70.9 cm³/mol. The van der Waals surface area contributed by atoms with Gasteiger partial charge in [-0.3, -0.25) is 0 Å². The second-order valence-electron chi connectivity index (χ2n) is 5.28. The lowest BCUT2D eigenvalue weighted by molar-refractivity contribution is 0.180. The maximum Gasteiger partial charge on any atom is 0.123 e. The smallest absolute Gasteiger partial charge is 0.123 e. The van der Waals surface area contributed by atoms with Gasteiger partial charge in [0, 0.05) is 19.1 Å². The summed E-state index contributed by atoms with van der Waals surface area (Å²) in [6.45, 7) is 1.09. The lowest BCUT2D eigenvalue weighted by Gasteiger charge is -2.38. The monoisotopic (exact) mass is 251 g/mol. The van der Waals surface area contributed by atoms with Crippen molar-refractivity contribution < 1.29 is 9.13 Å². The zero-order valence-corrected chi connectivity index (χ0v) is 11.0. The van der Waals surface area contributed by atoms with E-state index in [1.807, 2.05) is 6.07 Å². The van der Waals surface area contributed by atoms with Crippen LogP contribution in [0.3, 0.4) is 0 Å². The molecule has 0 unspecified atom stereocenters. The van der Waals surface area contributed by atoms with Crippen LogP contribution in [0.1, 0.15) is 43.2 Å². The molecule has 1 aromatic carbocycles. The van der Waals surface area contributed by atoms with Crippen LogP contribution in [0.15, 0.2) is 18.2 Å². The van der Waals surface area contributed by atoms with Crippen LogP contribution in [0.4, 0.5) is 4.39 Å². The first-order valence-corrected chi connectivity index (χ1v) is 6.70. The highest BCUT2D eigenvalue weighted by Gasteiger charge is 2.34. The zero-order valence-electron chi connectivity index (χ0n) is 11.0. The van der Waals surface area contributed by atoms with E-state index < -0.39 is 0 Å². The standard InChI is InChI=1S/C15H22FNO/c1-18-10-12-9-13(16)5-6-14(12)15(11-17)7-3-2-4-8-15/h5-6,9H,2-4,7-8,10-11,17H2,1H3. The molecule has 0 atom stereocenters. The number of halogens is 1. The van der Waals surface area contributed by atoms with Crippen LogP contribution in [-0.4, -0.2) is 13.7 Å². The molecule has 3 heteroatoms. The van der Waals surface area contributed by atoms with Gasteiger partial charge in [-0.2, -0.15) is 0 Å². The van der Waals surface area contributed by atoms with Crippen LogP contribution in [0.25, 0.3) is 0 Å². The normalized spacial score (nSPS) is 18.8. The fourth-order valence-electron chi connectivity index (χ4n) is 3.17. The summed E-state index contributed by atoms with van der Waals surface area (Å²) in [6.07, 6.45) is 5.91. The molecule has 1 saturated carbocycles. The highest BCUT2D eigenvalue weighted by atomic mass is 19.1. The van der Waals surface area contributed by atoms with Gasteiger partial charge in [0.2, 0.25) is 0 Å². The van der Waals surface area contributed by atoms with Gasteiger partial charge in [0.05, 0.1) is 6.61 Å². The van der Waals surface area contributed by atoms with Crippen molar-refractivity contribution >= 4 is 0 Å². The Morgan fingerprint density at radius 3 is 2.61 bits per heavy atom. The Balaban J connectivity index is 2.40. The van der Waals surface area contributed by atoms with Gasteiger partial charge >= 0.3 is 0 Å². The van der Waals surface area contributed by atoms with Crippen molar-refractivity contribution in [1.29, 1.82) is 0 Å². The molecule has 18 heavy (non-hydrogen) atoms. The Hall–Kier alpha value is -0.930. The van der Waals surface area contributed by atoms with Gasteiger partial charge in [-0.15, -0.1) is 0 Å². The Kier molecular flexibility index (Phi) is 4.36. The molecule has 100 valence electrons. The maximum absolute atomic E-state index is 13.4. The van der Waals surface area contributed by atoms with Crippen molar-refractivity contribution in [1.82, 2.24) is 0 Å². The minimum atomic E-state index is -0.200. The van der Waals surface area contributed by atoms with Crippen LogP contribution < -0.4 is 5.73 Å². The van der Waals surface area contributed by atoms with Gasteiger partial charge in [-0.1, -0.05) is 25.3 Å². The molecular formula is C15H22FNO. The number of hydrogen-bond acceptors (Lipinski definition) is 2. The van der Waals surface area contributed by atoms with Gasteiger partial charge < -0.3 is 10.5 Å². The third-order valence-corrected chi connectivity index (χ3v) is 4.14. The van der Waals surface area contributed by atoms with E-state index in [1.165, 1.54) is 24.8 Å². The van der Waals surface area contributed by atoms with Crippen molar-refractivity contribution in [3.8, 4) is 0 Å². The summed E-state index contributed by atoms with van der Waals surface area (Å²) in [6, 6.07) is 5.03. The molecule has 1 aromatic rings. The second-order valence-corrected chi connectivity index (χ2v) is 5.28. The molecule has 2 N–H and O–H groups in total. The largest absolute Gasteiger partial charge is 0.380 e. The molecule has 0 heterocycles. The van der Waals surface area contributed by atoms with E-state index in [0.29, 0.717) is 13.2 Å². The van der Waals surface area contributed by atoms with Crippen LogP contribution in [0.2, 0.25) is 0 Å². The topological polar surface area (TPSA) is 35.2 Å². The fraction of sp³-hybridized carbons (Fsp3) is 0.600. The fourth-order valence-corrected chi connectivity index (χ4v) is 3.17. The lowest BCUT2D eigenvalue weighted by atomic mass is 9.68. The summed E-state index contributed by atoms with van der Waals surface area (Å²) in [5.41, 5.74) is 8.20. The minimum Gasteiger partial charge on any atom is -0.380 e. The summed E-state index contributed by atoms with van der Waals surface area (Å²) in [5.74, 6) is -0.200. The average molecular weight is 251 g/mol. The molecule has 0 aromatic heterocycles. The van der Waals surface area contributed by atoms with Crippen molar-refractivity contribution in [3.63, 3.8) is 0 Å². The summed E-state index contributed by atoms with van der Waals surface area (Å²) in [7, 11) is 1.64. The van der Waals surface area contributed by atoms with Gasteiger partial charge in [-0.05, 0) is 36.1 Å². The van der Waals surface area contributed by atoms with Gasteiger partial charge in [0.25, 0.3) is 0 Å².